The minimum Gasteiger partial charge on any atom is -0.477 e. The Hall–Kier alpha value is -1.46. The maximum Gasteiger partial charge on any atom is 0.217 e. The van der Waals surface area contributed by atoms with Gasteiger partial charge in [0.25, 0.3) is 0 Å². The first-order valence-corrected chi connectivity index (χ1v) is 7.85. The summed E-state index contributed by atoms with van der Waals surface area (Å²) in [4.78, 5) is 8.64. The van der Waals surface area contributed by atoms with Crippen molar-refractivity contribution in [3.63, 3.8) is 0 Å². The highest BCUT2D eigenvalue weighted by atomic mass is 79.9. The molecule has 0 saturated heterocycles. The number of hydrogen-bond donors (Lipinski definition) is 1. The smallest absolute Gasteiger partial charge is 0.217 e. The Balaban J connectivity index is 1.95. The van der Waals surface area contributed by atoms with Gasteiger partial charge in [-0.15, -0.1) is 0 Å². The quantitative estimate of drug-likeness (QED) is 0.832. The SMILES string of the molecule is CC(C)NCc1cc(Br)cnc1OCCc1ccccn1. The maximum atomic E-state index is 5.82. The van der Waals surface area contributed by atoms with Crippen molar-refractivity contribution in [2.45, 2.75) is 32.9 Å². The first kappa shape index (κ1) is 15.9. The van der Waals surface area contributed by atoms with E-state index < -0.39 is 0 Å². The molecule has 2 rings (SSSR count). The number of rotatable bonds is 7. The lowest BCUT2D eigenvalue weighted by atomic mass is 10.2. The van der Waals surface area contributed by atoms with Crippen molar-refractivity contribution >= 4 is 15.9 Å². The number of aromatic nitrogens is 2. The van der Waals surface area contributed by atoms with E-state index in [0.717, 1.165) is 28.7 Å². The summed E-state index contributed by atoms with van der Waals surface area (Å²) in [5.74, 6) is 0.683. The van der Waals surface area contributed by atoms with Crippen LogP contribution >= 0.6 is 15.9 Å². The van der Waals surface area contributed by atoms with Gasteiger partial charge in [-0.3, -0.25) is 4.98 Å². The van der Waals surface area contributed by atoms with Crippen molar-refractivity contribution in [1.82, 2.24) is 15.3 Å². The molecular weight excluding hydrogens is 330 g/mol. The zero-order chi connectivity index (χ0) is 15.1. The molecule has 0 atom stereocenters. The fourth-order valence-electron chi connectivity index (χ4n) is 1.84. The first-order chi connectivity index (χ1) is 10.1. The fourth-order valence-corrected chi connectivity index (χ4v) is 2.22. The zero-order valence-corrected chi connectivity index (χ0v) is 13.9. The molecule has 21 heavy (non-hydrogen) atoms. The first-order valence-electron chi connectivity index (χ1n) is 7.05. The van der Waals surface area contributed by atoms with E-state index in [9.17, 15) is 0 Å². The van der Waals surface area contributed by atoms with Crippen LogP contribution < -0.4 is 10.1 Å². The molecule has 0 bridgehead atoms. The Labute approximate surface area is 134 Å². The summed E-state index contributed by atoms with van der Waals surface area (Å²) in [6, 6.07) is 8.36. The van der Waals surface area contributed by atoms with Crippen molar-refractivity contribution in [3.05, 3.63) is 52.4 Å². The number of halogens is 1. The summed E-state index contributed by atoms with van der Waals surface area (Å²) in [7, 11) is 0. The predicted molar refractivity (Wildman–Crippen MR) is 87.3 cm³/mol. The Morgan fingerprint density at radius 3 is 2.86 bits per heavy atom. The lowest BCUT2D eigenvalue weighted by Gasteiger charge is -2.13. The average Bonchev–Trinajstić information content (AvgIpc) is 2.48. The van der Waals surface area contributed by atoms with Gasteiger partial charge in [-0.05, 0) is 34.1 Å². The molecule has 112 valence electrons. The summed E-state index contributed by atoms with van der Waals surface area (Å²) in [5, 5.41) is 3.38. The van der Waals surface area contributed by atoms with E-state index in [1.165, 1.54) is 0 Å². The molecule has 0 aliphatic heterocycles. The van der Waals surface area contributed by atoms with Crippen LogP contribution in [0.3, 0.4) is 0 Å². The van der Waals surface area contributed by atoms with Gasteiger partial charge in [-0.1, -0.05) is 19.9 Å². The Morgan fingerprint density at radius 2 is 2.14 bits per heavy atom. The van der Waals surface area contributed by atoms with Gasteiger partial charge in [0.15, 0.2) is 0 Å². The third-order valence-electron chi connectivity index (χ3n) is 2.92. The molecule has 0 saturated carbocycles. The van der Waals surface area contributed by atoms with Gasteiger partial charge >= 0.3 is 0 Å². The Morgan fingerprint density at radius 1 is 1.29 bits per heavy atom. The topological polar surface area (TPSA) is 47.0 Å². The summed E-state index contributed by atoms with van der Waals surface area (Å²) in [6.07, 6.45) is 4.33. The van der Waals surface area contributed by atoms with Crippen molar-refractivity contribution < 1.29 is 4.74 Å². The third kappa shape index (κ3) is 5.44. The van der Waals surface area contributed by atoms with Crippen LogP contribution in [-0.4, -0.2) is 22.6 Å². The van der Waals surface area contributed by atoms with E-state index in [2.05, 4.69) is 45.1 Å². The van der Waals surface area contributed by atoms with E-state index in [1.54, 1.807) is 12.4 Å². The average molecular weight is 350 g/mol. The summed E-state index contributed by atoms with van der Waals surface area (Å²) in [6.45, 7) is 5.55. The molecule has 1 N–H and O–H groups in total. The molecular formula is C16H20BrN3O. The normalized spacial score (nSPS) is 10.9. The lowest BCUT2D eigenvalue weighted by molar-refractivity contribution is 0.303. The molecule has 4 nitrogen and oxygen atoms in total. The summed E-state index contributed by atoms with van der Waals surface area (Å²) in [5.41, 5.74) is 2.08. The van der Waals surface area contributed by atoms with Crippen LogP contribution in [0.4, 0.5) is 0 Å². The van der Waals surface area contributed by atoms with Gasteiger partial charge in [0.2, 0.25) is 5.88 Å². The number of ether oxygens (including phenoxy) is 1. The molecule has 0 aromatic carbocycles. The predicted octanol–water partition coefficient (Wildman–Crippen LogP) is 3.36. The highest BCUT2D eigenvalue weighted by Crippen LogP contribution is 2.20. The number of hydrogen-bond acceptors (Lipinski definition) is 4. The molecule has 0 aliphatic carbocycles. The van der Waals surface area contributed by atoms with E-state index >= 15 is 0 Å². The number of nitrogens with one attached hydrogen (secondary N) is 1. The second-order valence-corrected chi connectivity index (χ2v) is 5.99. The van der Waals surface area contributed by atoms with Gasteiger partial charge in [0.1, 0.15) is 0 Å². The Bertz CT molecular complexity index is 561. The zero-order valence-electron chi connectivity index (χ0n) is 12.3. The highest BCUT2D eigenvalue weighted by Gasteiger charge is 2.07. The van der Waals surface area contributed by atoms with Crippen LogP contribution in [0, 0.1) is 0 Å². The largest absolute Gasteiger partial charge is 0.477 e. The van der Waals surface area contributed by atoms with Crippen molar-refractivity contribution in [1.29, 1.82) is 0 Å². The standard InChI is InChI=1S/C16H20BrN3O/c1-12(2)19-10-13-9-14(17)11-20-16(13)21-8-6-15-5-3-4-7-18-15/h3-5,7,9,11-12,19H,6,8,10H2,1-2H3. The van der Waals surface area contributed by atoms with Gasteiger partial charge < -0.3 is 10.1 Å². The fraction of sp³-hybridized carbons (Fsp3) is 0.375. The van der Waals surface area contributed by atoms with Gasteiger partial charge in [-0.2, -0.15) is 0 Å². The summed E-state index contributed by atoms with van der Waals surface area (Å²) >= 11 is 3.45. The van der Waals surface area contributed by atoms with Crippen molar-refractivity contribution in [2.24, 2.45) is 0 Å². The van der Waals surface area contributed by atoms with E-state index in [0.29, 0.717) is 18.5 Å². The molecule has 5 heteroatoms. The van der Waals surface area contributed by atoms with E-state index in [1.807, 2.05) is 24.3 Å². The van der Waals surface area contributed by atoms with Crippen LogP contribution in [0.1, 0.15) is 25.1 Å². The summed E-state index contributed by atoms with van der Waals surface area (Å²) < 4.78 is 6.77. The molecule has 0 fully saturated rings. The van der Waals surface area contributed by atoms with Gasteiger partial charge in [0.05, 0.1) is 6.61 Å². The second-order valence-electron chi connectivity index (χ2n) is 5.07. The van der Waals surface area contributed by atoms with Crippen molar-refractivity contribution in [3.8, 4) is 5.88 Å². The molecule has 0 amide bonds. The van der Waals surface area contributed by atoms with Crippen LogP contribution in [0.25, 0.3) is 0 Å². The molecule has 2 aromatic rings. The van der Waals surface area contributed by atoms with E-state index in [-0.39, 0.29) is 0 Å². The molecule has 0 radical (unpaired) electrons. The van der Waals surface area contributed by atoms with Crippen LogP contribution in [0.2, 0.25) is 0 Å². The van der Waals surface area contributed by atoms with Crippen LogP contribution in [0.15, 0.2) is 41.1 Å². The Kier molecular flexibility index (Phi) is 6.14. The van der Waals surface area contributed by atoms with E-state index in [4.69, 9.17) is 4.74 Å². The molecule has 0 unspecified atom stereocenters. The number of pyridine rings is 2. The lowest BCUT2D eigenvalue weighted by Crippen LogP contribution is -2.22. The van der Waals surface area contributed by atoms with Crippen LogP contribution in [0.5, 0.6) is 5.88 Å². The molecule has 0 aliphatic rings. The van der Waals surface area contributed by atoms with Crippen LogP contribution in [-0.2, 0) is 13.0 Å². The van der Waals surface area contributed by atoms with Gasteiger partial charge in [0, 0.05) is 47.1 Å². The second kappa shape index (κ2) is 8.10. The monoisotopic (exact) mass is 349 g/mol. The minimum atomic E-state index is 0.422. The van der Waals surface area contributed by atoms with Crippen molar-refractivity contribution in [2.75, 3.05) is 6.61 Å². The maximum absolute atomic E-state index is 5.82. The molecule has 2 aromatic heterocycles. The molecule has 2 heterocycles. The minimum absolute atomic E-state index is 0.422. The van der Waals surface area contributed by atoms with Gasteiger partial charge in [-0.25, -0.2) is 4.98 Å². The number of nitrogens with zero attached hydrogens (tertiary/aromatic N) is 2. The molecule has 0 spiro atoms. The highest BCUT2D eigenvalue weighted by molar-refractivity contribution is 9.10. The third-order valence-corrected chi connectivity index (χ3v) is 3.35.